The van der Waals surface area contributed by atoms with E-state index in [-0.39, 0.29) is 5.91 Å². The molecule has 0 aliphatic carbocycles. The standard InChI is InChI=1S/C21H18FN5O2/c1-29-20-10-18(19(22)11-25-20)16-6-7-17(15-5-3-2-4-14(15)16)21(28)24-8-9-27-13-23-12-26-27/h2-7,10-13H,8-9H2,1H3,(H,24,28). The molecular weight excluding hydrogens is 373 g/mol. The molecule has 4 aromatic rings. The molecule has 0 saturated heterocycles. The summed E-state index contributed by atoms with van der Waals surface area (Å²) in [5.41, 5.74) is 1.55. The van der Waals surface area contributed by atoms with Crippen LogP contribution in [-0.4, -0.2) is 39.3 Å². The van der Waals surface area contributed by atoms with Gasteiger partial charge in [0.1, 0.15) is 18.5 Å². The van der Waals surface area contributed by atoms with E-state index in [0.29, 0.717) is 35.7 Å². The number of amides is 1. The second-order valence-corrected chi connectivity index (χ2v) is 6.33. The molecule has 0 bridgehead atoms. The first-order valence-electron chi connectivity index (χ1n) is 8.99. The highest BCUT2D eigenvalue weighted by atomic mass is 19.1. The number of nitrogens with zero attached hydrogens (tertiary/aromatic N) is 4. The van der Waals surface area contributed by atoms with Crippen LogP contribution in [0.2, 0.25) is 0 Å². The van der Waals surface area contributed by atoms with Crippen molar-refractivity contribution in [1.29, 1.82) is 0 Å². The normalized spacial score (nSPS) is 10.8. The van der Waals surface area contributed by atoms with E-state index in [0.717, 1.165) is 17.0 Å². The zero-order valence-electron chi connectivity index (χ0n) is 15.7. The lowest BCUT2D eigenvalue weighted by Crippen LogP contribution is -2.27. The van der Waals surface area contributed by atoms with Gasteiger partial charge in [0, 0.05) is 23.7 Å². The van der Waals surface area contributed by atoms with Gasteiger partial charge < -0.3 is 10.1 Å². The number of methoxy groups -OCH3 is 1. The van der Waals surface area contributed by atoms with Crippen LogP contribution >= 0.6 is 0 Å². The number of nitrogens with one attached hydrogen (secondary N) is 1. The third kappa shape index (κ3) is 3.77. The molecule has 4 rings (SSSR count). The van der Waals surface area contributed by atoms with E-state index in [1.165, 1.54) is 13.4 Å². The molecule has 0 fully saturated rings. The molecule has 2 aromatic heterocycles. The quantitative estimate of drug-likeness (QED) is 0.546. The summed E-state index contributed by atoms with van der Waals surface area (Å²) in [6, 6.07) is 12.4. The third-order valence-corrected chi connectivity index (χ3v) is 4.59. The molecule has 29 heavy (non-hydrogen) atoms. The zero-order chi connectivity index (χ0) is 20.2. The number of hydrogen-bond donors (Lipinski definition) is 1. The van der Waals surface area contributed by atoms with Gasteiger partial charge in [0.05, 0.1) is 19.9 Å². The predicted molar refractivity (Wildman–Crippen MR) is 106 cm³/mol. The zero-order valence-corrected chi connectivity index (χ0v) is 15.7. The molecule has 0 radical (unpaired) electrons. The van der Waals surface area contributed by atoms with Crippen molar-refractivity contribution in [3.05, 3.63) is 72.7 Å². The monoisotopic (exact) mass is 391 g/mol. The average molecular weight is 391 g/mol. The van der Waals surface area contributed by atoms with Crippen LogP contribution in [0.15, 0.2) is 61.3 Å². The lowest BCUT2D eigenvalue weighted by molar-refractivity contribution is 0.0953. The van der Waals surface area contributed by atoms with Crippen LogP contribution in [0.3, 0.4) is 0 Å². The number of carbonyl (C=O) groups excluding carboxylic acids is 1. The van der Waals surface area contributed by atoms with E-state index < -0.39 is 5.82 Å². The van der Waals surface area contributed by atoms with Gasteiger partial charge in [0.25, 0.3) is 5.91 Å². The van der Waals surface area contributed by atoms with Crippen molar-refractivity contribution in [3.8, 4) is 17.0 Å². The molecular formula is C21H18FN5O2. The fourth-order valence-corrected chi connectivity index (χ4v) is 3.20. The minimum absolute atomic E-state index is 0.208. The molecule has 0 unspecified atom stereocenters. The van der Waals surface area contributed by atoms with Crippen LogP contribution in [-0.2, 0) is 6.54 Å². The maximum absolute atomic E-state index is 14.5. The first kappa shape index (κ1) is 18.5. The van der Waals surface area contributed by atoms with Crippen molar-refractivity contribution in [2.45, 2.75) is 6.54 Å². The maximum atomic E-state index is 14.5. The Morgan fingerprint density at radius 3 is 2.76 bits per heavy atom. The molecule has 146 valence electrons. The molecule has 1 N–H and O–H groups in total. The fraction of sp³-hybridized carbons (Fsp3) is 0.143. The minimum atomic E-state index is -0.457. The summed E-state index contributed by atoms with van der Waals surface area (Å²) >= 11 is 0. The lowest BCUT2D eigenvalue weighted by Gasteiger charge is -2.13. The van der Waals surface area contributed by atoms with Crippen molar-refractivity contribution in [2.24, 2.45) is 0 Å². The van der Waals surface area contributed by atoms with Crippen LogP contribution in [0.25, 0.3) is 21.9 Å². The number of halogens is 1. The van der Waals surface area contributed by atoms with Crippen molar-refractivity contribution >= 4 is 16.7 Å². The summed E-state index contributed by atoms with van der Waals surface area (Å²) < 4.78 is 21.2. The van der Waals surface area contributed by atoms with Crippen molar-refractivity contribution in [2.75, 3.05) is 13.7 Å². The van der Waals surface area contributed by atoms with E-state index in [1.807, 2.05) is 24.3 Å². The highest BCUT2D eigenvalue weighted by Gasteiger charge is 2.16. The summed E-state index contributed by atoms with van der Waals surface area (Å²) in [6.07, 6.45) is 4.17. The SMILES string of the molecule is COc1cc(-c2ccc(C(=O)NCCn3cncn3)c3ccccc23)c(F)cn1. The van der Waals surface area contributed by atoms with Gasteiger partial charge in [-0.25, -0.2) is 14.4 Å². The molecule has 1 amide bonds. The Hall–Kier alpha value is -3.81. The molecule has 0 atom stereocenters. The molecule has 7 nitrogen and oxygen atoms in total. The number of hydrogen-bond acceptors (Lipinski definition) is 5. The lowest BCUT2D eigenvalue weighted by atomic mass is 9.95. The Labute approximate surface area is 166 Å². The smallest absolute Gasteiger partial charge is 0.251 e. The average Bonchev–Trinajstić information content (AvgIpc) is 3.27. The number of ether oxygens (including phenoxy) is 1. The summed E-state index contributed by atoms with van der Waals surface area (Å²) in [5.74, 6) is -0.345. The molecule has 0 saturated carbocycles. The number of aromatic nitrogens is 4. The topological polar surface area (TPSA) is 81.9 Å². The van der Waals surface area contributed by atoms with Gasteiger partial charge in [-0.3, -0.25) is 9.48 Å². The largest absolute Gasteiger partial charge is 0.481 e. The number of pyridine rings is 1. The van der Waals surface area contributed by atoms with Crippen LogP contribution in [0.4, 0.5) is 4.39 Å². The van der Waals surface area contributed by atoms with Gasteiger partial charge in [-0.15, -0.1) is 0 Å². The Balaban J connectivity index is 1.68. The van der Waals surface area contributed by atoms with E-state index >= 15 is 0 Å². The summed E-state index contributed by atoms with van der Waals surface area (Å²) in [4.78, 5) is 20.5. The van der Waals surface area contributed by atoms with Crippen molar-refractivity contribution in [3.63, 3.8) is 0 Å². The molecule has 8 heteroatoms. The summed E-state index contributed by atoms with van der Waals surface area (Å²) in [6.45, 7) is 0.929. The third-order valence-electron chi connectivity index (χ3n) is 4.59. The van der Waals surface area contributed by atoms with Crippen molar-refractivity contribution < 1.29 is 13.9 Å². The Kier molecular flexibility index (Phi) is 5.15. The Morgan fingerprint density at radius 1 is 1.17 bits per heavy atom. The van der Waals surface area contributed by atoms with Gasteiger partial charge in [-0.1, -0.05) is 30.3 Å². The summed E-state index contributed by atoms with van der Waals surface area (Å²) in [7, 11) is 1.48. The van der Waals surface area contributed by atoms with Gasteiger partial charge in [0.2, 0.25) is 5.88 Å². The Bertz CT molecular complexity index is 1160. The molecule has 2 heterocycles. The number of rotatable bonds is 6. The Morgan fingerprint density at radius 2 is 2.00 bits per heavy atom. The first-order chi connectivity index (χ1) is 14.2. The number of carbonyl (C=O) groups is 1. The van der Waals surface area contributed by atoms with E-state index in [1.54, 1.807) is 29.2 Å². The molecule has 0 spiro atoms. The van der Waals surface area contributed by atoms with Gasteiger partial charge in [-0.2, -0.15) is 5.10 Å². The predicted octanol–water partition coefficient (Wildman–Crippen LogP) is 3.07. The highest BCUT2D eigenvalue weighted by Crippen LogP contribution is 2.33. The van der Waals surface area contributed by atoms with E-state index in [4.69, 9.17) is 4.74 Å². The van der Waals surface area contributed by atoms with Gasteiger partial charge >= 0.3 is 0 Å². The highest BCUT2D eigenvalue weighted by molar-refractivity contribution is 6.11. The number of benzene rings is 2. The van der Waals surface area contributed by atoms with Gasteiger partial charge in [-0.05, 0) is 22.4 Å². The fourth-order valence-electron chi connectivity index (χ4n) is 3.20. The number of fused-ring (bicyclic) bond motifs is 1. The first-order valence-corrected chi connectivity index (χ1v) is 8.99. The van der Waals surface area contributed by atoms with Crippen LogP contribution in [0, 0.1) is 5.82 Å². The van der Waals surface area contributed by atoms with Crippen LogP contribution < -0.4 is 10.1 Å². The summed E-state index contributed by atoms with van der Waals surface area (Å²) in [5, 5.41) is 8.40. The van der Waals surface area contributed by atoms with Gasteiger partial charge in [0.15, 0.2) is 0 Å². The van der Waals surface area contributed by atoms with E-state index in [2.05, 4.69) is 20.4 Å². The molecule has 2 aromatic carbocycles. The van der Waals surface area contributed by atoms with E-state index in [9.17, 15) is 9.18 Å². The maximum Gasteiger partial charge on any atom is 0.251 e. The minimum Gasteiger partial charge on any atom is -0.481 e. The van der Waals surface area contributed by atoms with Crippen LogP contribution in [0.1, 0.15) is 10.4 Å². The second kappa shape index (κ2) is 8.05. The van der Waals surface area contributed by atoms with Crippen molar-refractivity contribution in [1.82, 2.24) is 25.1 Å². The second-order valence-electron chi connectivity index (χ2n) is 6.33. The molecule has 0 aliphatic heterocycles. The van der Waals surface area contributed by atoms with Crippen LogP contribution in [0.5, 0.6) is 5.88 Å². The molecule has 0 aliphatic rings.